The Balaban J connectivity index is 0.00000287. The van der Waals surface area contributed by atoms with E-state index in [1.165, 1.54) is 18.3 Å². The second-order valence-corrected chi connectivity index (χ2v) is 9.17. The minimum Gasteiger partial charge on any atom is -0.379 e. The van der Waals surface area contributed by atoms with Gasteiger partial charge >= 0.3 is 6.18 Å². The van der Waals surface area contributed by atoms with Crippen LogP contribution >= 0.6 is 0 Å². The summed E-state index contributed by atoms with van der Waals surface area (Å²) in [6.07, 6.45) is 2.52. The van der Waals surface area contributed by atoms with E-state index in [1.807, 2.05) is 27.7 Å². The predicted octanol–water partition coefficient (Wildman–Crippen LogP) is 6.02. The maximum absolute atomic E-state index is 15.0. The van der Waals surface area contributed by atoms with Gasteiger partial charge in [0.2, 0.25) is 0 Å². The van der Waals surface area contributed by atoms with Gasteiger partial charge in [-0.15, -0.1) is 0 Å². The summed E-state index contributed by atoms with van der Waals surface area (Å²) in [6.45, 7) is 20.0. The zero-order chi connectivity index (χ0) is 30.7. The number of allylic oxidation sites excluding steroid dienone is 1. The molecule has 224 valence electrons. The molecule has 3 rings (SSSR count). The number of halogens is 4. The van der Waals surface area contributed by atoms with E-state index in [0.717, 1.165) is 0 Å². The lowest BCUT2D eigenvalue weighted by atomic mass is 9.93. The van der Waals surface area contributed by atoms with Gasteiger partial charge < -0.3 is 16.0 Å². The zero-order valence-corrected chi connectivity index (χ0v) is 24.1. The maximum atomic E-state index is 15.0. The molecule has 11 heteroatoms. The smallest absolute Gasteiger partial charge is 0.379 e. The molecule has 0 spiro atoms. The fraction of sp³-hybridized carbons (Fsp3) is 0.433. The Morgan fingerprint density at radius 1 is 1.27 bits per heavy atom. The molecule has 2 unspecified atom stereocenters. The molecule has 1 amide bonds. The number of alkyl halides is 4. The lowest BCUT2D eigenvalue weighted by Crippen LogP contribution is -2.54. The van der Waals surface area contributed by atoms with Crippen LogP contribution in [-0.4, -0.2) is 58.2 Å². The van der Waals surface area contributed by atoms with Crippen LogP contribution in [0.15, 0.2) is 44.3 Å². The first kappa shape index (κ1) is 33.5. The summed E-state index contributed by atoms with van der Waals surface area (Å²) >= 11 is 0. The number of rotatable bonds is 11. The number of hydrogen-bond acceptors (Lipinski definition) is 5. The molecule has 3 N–H and O–H groups in total. The van der Waals surface area contributed by atoms with Crippen LogP contribution in [0.2, 0.25) is 0 Å². The van der Waals surface area contributed by atoms with Gasteiger partial charge in [0.25, 0.3) is 5.91 Å². The highest BCUT2D eigenvalue weighted by Crippen LogP contribution is 2.36. The largest absolute Gasteiger partial charge is 0.417 e. The summed E-state index contributed by atoms with van der Waals surface area (Å²) in [5.74, 6) is -0.341. The van der Waals surface area contributed by atoms with Crippen LogP contribution < -0.4 is 16.0 Å². The number of nitrogens with one attached hydrogen (secondary N) is 3. The van der Waals surface area contributed by atoms with Gasteiger partial charge in [-0.2, -0.15) is 18.3 Å². The van der Waals surface area contributed by atoms with Crippen molar-refractivity contribution in [2.75, 3.05) is 13.1 Å². The molecule has 1 aliphatic heterocycles. The second-order valence-electron chi connectivity index (χ2n) is 9.17. The van der Waals surface area contributed by atoms with Gasteiger partial charge in [-0.1, -0.05) is 52.7 Å². The SMILES string of the molecule is C=Cc1c(C(=C)NC2CCN[C@@H](CC)C2F)cc(/C=C/CNC(=O)c2cnn(CC)c2)nc1C(=C)C(F)(F)F.CC. The molecule has 0 saturated carbocycles. The van der Waals surface area contributed by atoms with Crippen molar-refractivity contribution in [2.24, 2.45) is 0 Å². The maximum Gasteiger partial charge on any atom is 0.417 e. The minimum atomic E-state index is -4.73. The Labute approximate surface area is 239 Å². The number of nitrogens with zero attached hydrogens (tertiary/aromatic N) is 3. The standard InChI is InChI=1S/C28H34F4N6O.C2H6/c1-6-21-22(18(5)36-24-11-13-33-23(7-2)25(24)29)14-20(37-26(21)17(4)28(30,31)32)10-9-12-34-27(39)19-15-35-38(8-3)16-19;1-2/h6,9-10,14-16,23-25,33,36H,1,4-5,7-8,11-13H2,2-3H3,(H,34,39);1-2H3/b10-9+;/t23-,24?,25?;/m0./s1. The van der Waals surface area contributed by atoms with Crippen molar-refractivity contribution in [3.8, 4) is 0 Å². The highest BCUT2D eigenvalue weighted by molar-refractivity contribution is 5.93. The molecular weight excluding hydrogens is 536 g/mol. The van der Waals surface area contributed by atoms with E-state index >= 15 is 4.39 Å². The van der Waals surface area contributed by atoms with Crippen molar-refractivity contribution in [3.63, 3.8) is 0 Å². The summed E-state index contributed by atoms with van der Waals surface area (Å²) in [7, 11) is 0. The van der Waals surface area contributed by atoms with Crippen molar-refractivity contribution in [2.45, 2.75) is 71.5 Å². The number of pyridine rings is 1. The summed E-state index contributed by atoms with van der Waals surface area (Å²) in [4.78, 5) is 16.5. The number of aryl methyl sites for hydroxylation is 1. The number of amides is 1. The molecule has 7 nitrogen and oxygen atoms in total. The number of hydrogen-bond donors (Lipinski definition) is 3. The average molecular weight is 577 g/mol. The fourth-order valence-electron chi connectivity index (χ4n) is 4.37. The van der Waals surface area contributed by atoms with Crippen molar-refractivity contribution in [3.05, 3.63) is 72.4 Å². The monoisotopic (exact) mass is 576 g/mol. The summed E-state index contributed by atoms with van der Waals surface area (Å²) in [5.41, 5.74) is -0.327. The van der Waals surface area contributed by atoms with Crippen LogP contribution in [0.4, 0.5) is 17.6 Å². The number of carbonyl (C=O) groups is 1. The highest BCUT2D eigenvalue weighted by Gasteiger charge is 2.36. The molecule has 0 bridgehead atoms. The molecule has 0 aliphatic carbocycles. The number of carbonyl (C=O) groups excluding carboxylic acids is 1. The first-order valence-corrected chi connectivity index (χ1v) is 13.7. The normalized spacial score (nSPS) is 18.8. The topological polar surface area (TPSA) is 83.9 Å². The molecule has 41 heavy (non-hydrogen) atoms. The van der Waals surface area contributed by atoms with Crippen molar-refractivity contribution >= 4 is 29.3 Å². The summed E-state index contributed by atoms with van der Waals surface area (Å²) in [5, 5.41) is 13.0. The molecule has 1 fully saturated rings. The molecule has 1 aliphatic rings. The van der Waals surface area contributed by atoms with Crippen molar-refractivity contribution < 1.29 is 22.4 Å². The van der Waals surface area contributed by atoms with Gasteiger partial charge in [0.15, 0.2) is 0 Å². The van der Waals surface area contributed by atoms with Crippen LogP contribution in [0.3, 0.4) is 0 Å². The van der Waals surface area contributed by atoms with Crippen LogP contribution in [-0.2, 0) is 6.54 Å². The first-order chi connectivity index (χ1) is 19.5. The predicted molar refractivity (Wildman–Crippen MR) is 158 cm³/mol. The van der Waals surface area contributed by atoms with Crippen LogP contribution in [0.25, 0.3) is 23.4 Å². The average Bonchev–Trinajstić information content (AvgIpc) is 3.45. The Kier molecular flexibility index (Phi) is 12.5. The lowest BCUT2D eigenvalue weighted by Gasteiger charge is -2.35. The Morgan fingerprint density at radius 3 is 2.56 bits per heavy atom. The van der Waals surface area contributed by atoms with Gasteiger partial charge in [0.05, 0.1) is 34.8 Å². The molecule has 3 heterocycles. The van der Waals surface area contributed by atoms with Gasteiger partial charge in [-0.25, -0.2) is 9.37 Å². The quantitative estimate of drug-likeness (QED) is 0.285. The van der Waals surface area contributed by atoms with Gasteiger partial charge in [-0.05, 0) is 38.5 Å². The second kappa shape index (κ2) is 15.3. The summed E-state index contributed by atoms with van der Waals surface area (Å²) < 4.78 is 57.6. The third-order valence-electron chi connectivity index (χ3n) is 6.55. The molecular formula is C30H40F4N6O. The fourth-order valence-corrected chi connectivity index (χ4v) is 4.37. The van der Waals surface area contributed by atoms with Gasteiger partial charge in [0, 0.05) is 42.2 Å². The molecule has 0 aromatic carbocycles. The lowest BCUT2D eigenvalue weighted by molar-refractivity contribution is -0.0689. The molecule has 2 aromatic heterocycles. The highest BCUT2D eigenvalue weighted by atomic mass is 19.4. The molecule has 2 aromatic rings. The van der Waals surface area contributed by atoms with E-state index in [-0.39, 0.29) is 35.4 Å². The van der Waals surface area contributed by atoms with E-state index in [4.69, 9.17) is 0 Å². The number of aromatic nitrogens is 3. The molecule has 3 atom stereocenters. The first-order valence-electron chi connectivity index (χ1n) is 13.7. The van der Waals surface area contributed by atoms with Crippen LogP contribution in [0, 0.1) is 0 Å². The third kappa shape index (κ3) is 8.63. The minimum absolute atomic E-state index is 0.0876. The van der Waals surface area contributed by atoms with E-state index in [1.54, 1.807) is 23.0 Å². The van der Waals surface area contributed by atoms with Crippen LogP contribution in [0.5, 0.6) is 0 Å². The Bertz CT molecular complexity index is 1250. The van der Waals surface area contributed by atoms with E-state index in [0.29, 0.717) is 37.1 Å². The van der Waals surface area contributed by atoms with Crippen molar-refractivity contribution in [1.29, 1.82) is 0 Å². The molecule has 1 saturated heterocycles. The van der Waals surface area contributed by atoms with E-state index in [9.17, 15) is 18.0 Å². The number of piperidine rings is 1. The van der Waals surface area contributed by atoms with Gasteiger partial charge in [-0.3, -0.25) is 9.48 Å². The Hall–Kier alpha value is -3.73. The van der Waals surface area contributed by atoms with Gasteiger partial charge in [0.1, 0.15) is 6.17 Å². The summed E-state index contributed by atoms with van der Waals surface area (Å²) in [6, 6.07) is 0.662. The Morgan fingerprint density at radius 2 is 1.98 bits per heavy atom. The van der Waals surface area contributed by atoms with E-state index in [2.05, 4.69) is 45.8 Å². The van der Waals surface area contributed by atoms with E-state index < -0.39 is 29.7 Å². The van der Waals surface area contributed by atoms with Crippen LogP contribution in [0.1, 0.15) is 73.4 Å². The molecule has 0 radical (unpaired) electrons. The zero-order valence-electron chi connectivity index (χ0n) is 24.1. The third-order valence-corrected chi connectivity index (χ3v) is 6.55. The van der Waals surface area contributed by atoms with Crippen molar-refractivity contribution in [1.82, 2.24) is 30.7 Å².